The van der Waals surface area contributed by atoms with Gasteiger partial charge in [-0.1, -0.05) is 27.5 Å². The molecule has 0 bridgehead atoms. The third-order valence-electron chi connectivity index (χ3n) is 4.04. The fourth-order valence-electron chi connectivity index (χ4n) is 2.59. The predicted molar refractivity (Wildman–Crippen MR) is 113 cm³/mol. The molecule has 0 saturated heterocycles. The summed E-state index contributed by atoms with van der Waals surface area (Å²) in [5.41, 5.74) is 1.28. The number of carbonyl (C=O) groups excluding carboxylic acids is 1. The van der Waals surface area contributed by atoms with Crippen molar-refractivity contribution in [2.75, 3.05) is 7.05 Å². The number of ether oxygens (including phenoxy) is 1. The first-order chi connectivity index (χ1) is 13.4. The molecule has 0 fully saturated rings. The standard InChI is InChI=1S/C18H18Br2ClN5O2/c1-3-26-16(13(20)9-22-26)10-24(2)18(27)15-6-7-25(23-15)11-28-17-5-4-12(19)8-14(17)21/h4-9H,3,10-11H2,1-2H3. The van der Waals surface area contributed by atoms with Crippen LogP contribution in [-0.4, -0.2) is 37.4 Å². The number of hydrogen-bond donors (Lipinski definition) is 0. The van der Waals surface area contributed by atoms with Crippen molar-refractivity contribution in [3.8, 4) is 5.75 Å². The Hall–Kier alpha value is -1.84. The Bertz CT molecular complexity index is 988. The van der Waals surface area contributed by atoms with Crippen molar-refractivity contribution in [1.29, 1.82) is 0 Å². The Kier molecular flexibility index (Phi) is 6.79. The second-order valence-corrected chi connectivity index (χ2v) is 8.18. The summed E-state index contributed by atoms with van der Waals surface area (Å²) in [7, 11) is 1.74. The van der Waals surface area contributed by atoms with Gasteiger partial charge in [0.15, 0.2) is 12.4 Å². The van der Waals surface area contributed by atoms with E-state index < -0.39 is 0 Å². The minimum Gasteiger partial charge on any atom is -0.470 e. The van der Waals surface area contributed by atoms with Crippen LogP contribution in [0.2, 0.25) is 5.02 Å². The highest BCUT2D eigenvalue weighted by molar-refractivity contribution is 9.10. The third kappa shape index (κ3) is 4.76. The summed E-state index contributed by atoms with van der Waals surface area (Å²) in [6, 6.07) is 7.03. The van der Waals surface area contributed by atoms with Gasteiger partial charge in [0, 0.05) is 24.3 Å². The van der Waals surface area contributed by atoms with Crippen molar-refractivity contribution in [2.45, 2.75) is 26.7 Å². The van der Waals surface area contributed by atoms with E-state index in [9.17, 15) is 4.79 Å². The normalized spacial score (nSPS) is 10.9. The third-order valence-corrected chi connectivity index (χ3v) is 5.49. The first-order valence-electron chi connectivity index (χ1n) is 8.46. The molecule has 1 aromatic carbocycles. The van der Waals surface area contributed by atoms with Crippen LogP contribution in [0.15, 0.2) is 45.6 Å². The van der Waals surface area contributed by atoms with E-state index in [2.05, 4.69) is 42.1 Å². The van der Waals surface area contributed by atoms with Gasteiger partial charge in [-0.15, -0.1) is 0 Å². The van der Waals surface area contributed by atoms with E-state index in [1.165, 1.54) is 0 Å². The van der Waals surface area contributed by atoms with Crippen LogP contribution in [0.5, 0.6) is 5.75 Å². The molecule has 28 heavy (non-hydrogen) atoms. The number of nitrogens with zero attached hydrogens (tertiary/aromatic N) is 5. The number of hydrogen-bond acceptors (Lipinski definition) is 4. The van der Waals surface area contributed by atoms with Crippen LogP contribution in [0, 0.1) is 0 Å². The van der Waals surface area contributed by atoms with Gasteiger partial charge in [0.05, 0.1) is 27.9 Å². The van der Waals surface area contributed by atoms with E-state index in [4.69, 9.17) is 16.3 Å². The zero-order valence-corrected chi connectivity index (χ0v) is 19.2. The van der Waals surface area contributed by atoms with Crippen molar-refractivity contribution < 1.29 is 9.53 Å². The number of halogens is 3. The molecule has 3 aromatic rings. The lowest BCUT2D eigenvalue weighted by atomic mass is 10.3. The van der Waals surface area contributed by atoms with E-state index >= 15 is 0 Å². The molecule has 7 nitrogen and oxygen atoms in total. The molecular weight excluding hydrogens is 513 g/mol. The zero-order chi connectivity index (χ0) is 20.3. The van der Waals surface area contributed by atoms with E-state index in [0.29, 0.717) is 23.0 Å². The maximum atomic E-state index is 12.7. The molecule has 0 N–H and O–H groups in total. The largest absolute Gasteiger partial charge is 0.470 e. The first-order valence-corrected chi connectivity index (χ1v) is 10.4. The van der Waals surface area contributed by atoms with Crippen molar-refractivity contribution >= 4 is 49.4 Å². The van der Waals surface area contributed by atoms with Gasteiger partial charge in [-0.25, -0.2) is 4.68 Å². The minimum atomic E-state index is -0.184. The summed E-state index contributed by atoms with van der Waals surface area (Å²) < 4.78 is 10.8. The molecule has 0 aliphatic carbocycles. The lowest BCUT2D eigenvalue weighted by Gasteiger charge is -2.17. The molecular formula is C18H18Br2ClN5O2. The van der Waals surface area contributed by atoms with Crippen LogP contribution in [0.25, 0.3) is 0 Å². The van der Waals surface area contributed by atoms with Crippen LogP contribution >= 0.6 is 43.5 Å². The Balaban J connectivity index is 1.64. The van der Waals surface area contributed by atoms with Gasteiger partial charge in [0.25, 0.3) is 5.91 Å². The average molecular weight is 532 g/mol. The number of benzene rings is 1. The molecule has 0 aliphatic rings. The van der Waals surface area contributed by atoms with Gasteiger partial charge in [-0.05, 0) is 47.1 Å². The van der Waals surface area contributed by atoms with Gasteiger partial charge in [-0.3, -0.25) is 9.48 Å². The Morgan fingerprint density at radius 3 is 2.82 bits per heavy atom. The van der Waals surface area contributed by atoms with Gasteiger partial charge in [-0.2, -0.15) is 10.2 Å². The van der Waals surface area contributed by atoms with Gasteiger partial charge in [0.1, 0.15) is 5.75 Å². The number of aryl methyl sites for hydroxylation is 1. The molecule has 1 amide bonds. The number of rotatable bonds is 7. The van der Waals surface area contributed by atoms with Gasteiger partial charge < -0.3 is 9.64 Å². The highest BCUT2D eigenvalue weighted by atomic mass is 79.9. The second-order valence-electron chi connectivity index (χ2n) is 6.00. The van der Waals surface area contributed by atoms with Crippen LogP contribution in [0.4, 0.5) is 0 Å². The van der Waals surface area contributed by atoms with Crippen LogP contribution in [-0.2, 0) is 19.8 Å². The topological polar surface area (TPSA) is 65.2 Å². The summed E-state index contributed by atoms with van der Waals surface area (Å²) in [6.45, 7) is 3.30. The lowest BCUT2D eigenvalue weighted by molar-refractivity contribution is 0.0773. The summed E-state index contributed by atoms with van der Waals surface area (Å²) in [5, 5.41) is 9.07. The first kappa shape index (κ1) is 20.9. The van der Waals surface area contributed by atoms with Crippen LogP contribution < -0.4 is 4.74 Å². The van der Waals surface area contributed by atoms with Gasteiger partial charge in [0.2, 0.25) is 0 Å². The summed E-state index contributed by atoms with van der Waals surface area (Å²) in [6.07, 6.45) is 3.43. The molecule has 0 atom stereocenters. The number of aromatic nitrogens is 4. The van der Waals surface area contributed by atoms with E-state index in [-0.39, 0.29) is 12.6 Å². The molecule has 10 heteroatoms. The summed E-state index contributed by atoms with van der Waals surface area (Å²) in [4.78, 5) is 14.3. The van der Waals surface area contributed by atoms with E-state index in [1.807, 2.05) is 17.7 Å². The van der Waals surface area contributed by atoms with Crippen molar-refractivity contribution in [2.24, 2.45) is 0 Å². The molecule has 3 rings (SSSR count). The number of amides is 1. The highest BCUT2D eigenvalue weighted by Gasteiger charge is 2.18. The molecule has 0 aliphatic heterocycles. The van der Waals surface area contributed by atoms with Crippen LogP contribution in [0.1, 0.15) is 23.1 Å². The fourth-order valence-corrected chi connectivity index (χ4v) is 3.73. The predicted octanol–water partition coefficient (Wildman–Crippen LogP) is 4.59. The minimum absolute atomic E-state index is 0.145. The van der Waals surface area contributed by atoms with Gasteiger partial charge >= 0.3 is 0 Å². The van der Waals surface area contributed by atoms with Crippen molar-refractivity contribution in [3.63, 3.8) is 0 Å². The smallest absolute Gasteiger partial charge is 0.274 e. The molecule has 148 valence electrons. The van der Waals surface area contributed by atoms with E-state index in [1.54, 1.807) is 47.2 Å². The molecule has 0 unspecified atom stereocenters. The maximum Gasteiger partial charge on any atom is 0.274 e. The summed E-state index contributed by atoms with van der Waals surface area (Å²) in [5.74, 6) is 0.360. The number of carbonyl (C=O) groups is 1. The fraction of sp³-hybridized carbons (Fsp3) is 0.278. The van der Waals surface area contributed by atoms with Crippen molar-refractivity contribution in [1.82, 2.24) is 24.5 Å². The van der Waals surface area contributed by atoms with E-state index in [0.717, 1.165) is 21.2 Å². The molecule has 2 heterocycles. The lowest BCUT2D eigenvalue weighted by Crippen LogP contribution is -2.28. The average Bonchev–Trinajstić information content (AvgIpc) is 3.27. The molecule has 0 radical (unpaired) electrons. The van der Waals surface area contributed by atoms with Crippen LogP contribution in [0.3, 0.4) is 0 Å². The Labute approximate surface area is 184 Å². The highest BCUT2D eigenvalue weighted by Crippen LogP contribution is 2.28. The zero-order valence-electron chi connectivity index (χ0n) is 15.3. The molecule has 0 spiro atoms. The second kappa shape index (κ2) is 9.11. The molecule has 2 aromatic heterocycles. The summed E-state index contributed by atoms with van der Waals surface area (Å²) >= 11 is 13.0. The molecule has 0 saturated carbocycles. The Morgan fingerprint density at radius 1 is 1.32 bits per heavy atom. The SMILES string of the molecule is CCn1ncc(Br)c1CN(C)C(=O)c1ccn(COc2ccc(Br)cc2Cl)n1. The monoisotopic (exact) mass is 529 g/mol. The maximum absolute atomic E-state index is 12.7. The quantitative estimate of drug-likeness (QED) is 0.448. The van der Waals surface area contributed by atoms with Crippen molar-refractivity contribution in [3.05, 3.63) is 62.0 Å². The Morgan fingerprint density at radius 2 is 2.11 bits per heavy atom.